The molecule has 0 aromatic rings. The van der Waals surface area contributed by atoms with E-state index in [4.69, 9.17) is 52.1 Å². The molecule has 65 heavy (non-hydrogen) atoms. The van der Waals surface area contributed by atoms with Gasteiger partial charge in [0, 0.05) is 22.3 Å². The van der Waals surface area contributed by atoms with Gasteiger partial charge in [0.15, 0.2) is 0 Å². The Kier molecular flexibility index (Phi) is 27.9. The maximum absolute atomic E-state index is 13.9. The van der Waals surface area contributed by atoms with Crippen LogP contribution in [0.2, 0.25) is 0 Å². The summed E-state index contributed by atoms with van der Waals surface area (Å²) >= 11 is 0. The molecule has 0 aliphatic heterocycles. The number of rotatable bonds is 36. The van der Waals surface area contributed by atoms with Crippen molar-refractivity contribution >= 4 is 41.8 Å². The van der Waals surface area contributed by atoms with Crippen LogP contribution in [-0.4, -0.2) is 176 Å². The lowest BCUT2D eigenvalue weighted by Crippen LogP contribution is -2.47. The first kappa shape index (κ1) is 60.0. The number of carbonyl (C=O) groups excluding carboxylic acids is 7. The molecule has 0 bridgehead atoms. The van der Waals surface area contributed by atoms with E-state index in [1.54, 1.807) is 0 Å². The first-order valence-corrected chi connectivity index (χ1v) is 20.3. The average Bonchev–Trinajstić information content (AvgIpc) is 3.26. The summed E-state index contributed by atoms with van der Waals surface area (Å²) < 4.78 is 59.9. The van der Waals surface area contributed by atoms with Crippen molar-refractivity contribution in [1.82, 2.24) is 0 Å². The maximum atomic E-state index is 13.9. The Balaban J connectivity index is 6.66. The smallest absolute Gasteiger partial charge is 0.333 e. The number of hydrogen-bond acceptors (Lipinski definition) is 21. The molecule has 0 aromatic heterocycles. The second kappa shape index (κ2) is 30.2. The average molecular weight is 933 g/mol. The molecule has 370 valence electrons. The minimum Gasteiger partial charge on any atom is -0.464 e. The lowest BCUT2D eigenvalue weighted by atomic mass is 9.90. The first-order valence-electron chi connectivity index (χ1n) is 20.3. The lowest BCUT2D eigenvalue weighted by Gasteiger charge is -2.33. The molecule has 0 amide bonds. The maximum Gasteiger partial charge on any atom is 0.333 e. The van der Waals surface area contributed by atoms with Gasteiger partial charge in [0.2, 0.25) is 0 Å². The van der Waals surface area contributed by atoms with Gasteiger partial charge in [-0.3, -0.25) is 14.4 Å². The van der Waals surface area contributed by atoms with Crippen LogP contribution in [-0.2, 0) is 85.7 Å². The van der Waals surface area contributed by atoms with E-state index in [1.807, 2.05) is 0 Å². The van der Waals surface area contributed by atoms with Crippen molar-refractivity contribution in [3.05, 3.63) is 48.6 Å². The van der Waals surface area contributed by atoms with E-state index in [0.717, 1.165) is 0 Å². The normalized spacial score (nSPS) is 11.7. The topological polar surface area (TPSA) is 282 Å². The third-order valence-corrected chi connectivity index (χ3v) is 8.80. The van der Waals surface area contributed by atoms with Gasteiger partial charge in [-0.05, 0) is 48.5 Å². The summed E-state index contributed by atoms with van der Waals surface area (Å²) in [6.45, 7) is 17.1. The highest BCUT2D eigenvalue weighted by molar-refractivity contribution is 5.89. The first-order chi connectivity index (χ1) is 30.4. The second-order valence-electron chi connectivity index (χ2n) is 16.3. The minimum absolute atomic E-state index is 0.00216. The predicted molar refractivity (Wildman–Crippen MR) is 227 cm³/mol. The van der Waals surface area contributed by atoms with Crippen LogP contribution in [0.25, 0.3) is 0 Å². The van der Waals surface area contributed by atoms with Gasteiger partial charge in [-0.15, -0.1) is 0 Å². The van der Waals surface area contributed by atoms with E-state index in [9.17, 15) is 48.9 Å². The van der Waals surface area contributed by atoms with Gasteiger partial charge in [0.1, 0.15) is 62.5 Å². The fourth-order valence-electron chi connectivity index (χ4n) is 4.63. The number of ether oxygens (including phenoxy) is 11. The quantitative estimate of drug-likeness (QED) is 0.0344. The molecule has 0 spiro atoms. The summed E-state index contributed by atoms with van der Waals surface area (Å²) in [6.07, 6.45) is 0. The zero-order valence-electron chi connectivity index (χ0n) is 38.7. The molecule has 3 N–H and O–H groups in total. The highest BCUT2D eigenvalue weighted by Gasteiger charge is 2.46. The standard InChI is InChI=1S/C44H68O21/c1-30(2)34(48)60-20-41(9,21-61-35(49)31(3)4)39(53)64-24-43(11,25-65-40(54)42(10,22-62-36(50)32(5)6)23-63-37(51)33(7)8)38(52)59-19-18-58-29-44(26-55-15-12-45,27-56-16-13-46)28-57-17-14-47/h45-47H,1,3,5,7,12-29H2,2,4,6,8-11H3. The lowest BCUT2D eigenvalue weighted by molar-refractivity contribution is -0.182. The van der Waals surface area contributed by atoms with Crippen LogP contribution in [0.4, 0.5) is 0 Å². The third kappa shape index (κ3) is 22.6. The Bertz CT molecular complexity index is 1480. The van der Waals surface area contributed by atoms with E-state index < -0.39 is 110 Å². The summed E-state index contributed by atoms with van der Waals surface area (Å²) in [5.74, 6) is -6.79. The molecule has 0 fully saturated rings. The van der Waals surface area contributed by atoms with Crippen molar-refractivity contribution in [2.24, 2.45) is 21.7 Å². The number of aliphatic hydroxyl groups is 3. The molecule has 21 nitrogen and oxygen atoms in total. The van der Waals surface area contributed by atoms with E-state index in [0.29, 0.717) is 0 Å². The monoisotopic (exact) mass is 932 g/mol. The Morgan fingerprint density at radius 1 is 0.354 bits per heavy atom. The third-order valence-electron chi connectivity index (χ3n) is 8.80. The highest BCUT2D eigenvalue weighted by atomic mass is 16.6. The van der Waals surface area contributed by atoms with Crippen LogP contribution in [0.3, 0.4) is 0 Å². The Morgan fingerprint density at radius 3 is 0.831 bits per heavy atom. The number of carbonyl (C=O) groups is 7. The van der Waals surface area contributed by atoms with Gasteiger partial charge in [-0.25, -0.2) is 19.2 Å². The van der Waals surface area contributed by atoms with Crippen molar-refractivity contribution in [3.8, 4) is 0 Å². The van der Waals surface area contributed by atoms with Crippen LogP contribution in [0.1, 0.15) is 48.5 Å². The molecular formula is C44H68O21. The van der Waals surface area contributed by atoms with Crippen molar-refractivity contribution in [2.45, 2.75) is 48.5 Å². The molecular weight excluding hydrogens is 864 g/mol. The molecule has 0 radical (unpaired) electrons. The summed E-state index contributed by atoms with van der Waals surface area (Å²) in [5.41, 5.74) is -6.74. The molecule has 21 heteroatoms. The fourth-order valence-corrected chi connectivity index (χ4v) is 4.63. The molecule has 0 aromatic carbocycles. The van der Waals surface area contributed by atoms with Crippen LogP contribution in [0.5, 0.6) is 0 Å². The highest BCUT2D eigenvalue weighted by Crippen LogP contribution is 2.29. The Morgan fingerprint density at radius 2 is 0.585 bits per heavy atom. The molecule has 0 aliphatic carbocycles. The second-order valence-corrected chi connectivity index (χ2v) is 16.3. The van der Waals surface area contributed by atoms with Gasteiger partial charge in [-0.1, -0.05) is 26.3 Å². The summed E-state index contributed by atoms with van der Waals surface area (Å²) in [7, 11) is 0. The zero-order valence-corrected chi connectivity index (χ0v) is 38.7. The van der Waals surface area contributed by atoms with Gasteiger partial charge in [0.05, 0.1) is 78.1 Å². The summed E-state index contributed by atoms with van der Waals surface area (Å²) in [6, 6.07) is 0. The summed E-state index contributed by atoms with van der Waals surface area (Å²) in [4.78, 5) is 90.6. The van der Waals surface area contributed by atoms with Crippen molar-refractivity contribution < 1.29 is 101 Å². The summed E-state index contributed by atoms with van der Waals surface area (Å²) in [5, 5.41) is 27.7. The van der Waals surface area contributed by atoms with Gasteiger partial charge < -0.3 is 67.4 Å². The fraction of sp³-hybridized carbons (Fsp3) is 0.659. The van der Waals surface area contributed by atoms with Crippen LogP contribution < -0.4 is 0 Å². The van der Waals surface area contributed by atoms with Crippen LogP contribution >= 0.6 is 0 Å². The Labute approximate surface area is 379 Å². The number of esters is 7. The number of aliphatic hydroxyl groups excluding tert-OH is 3. The van der Waals surface area contributed by atoms with Gasteiger partial charge >= 0.3 is 41.8 Å². The zero-order chi connectivity index (χ0) is 49.9. The molecule has 0 unspecified atom stereocenters. The van der Waals surface area contributed by atoms with Gasteiger partial charge in [0.25, 0.3) is 0 Å². The van der Waals surface area contributed by atoms with Crippen molar-refractivity contribution in [2.75, 3.05) is 119 Å². The molecule has 0 saturated heterocycles. The number of hydrogen-bond donors (Lipinski definition) is 3. The van der Waals surface area contributed by atoms with E-state index in [-0.39, 0.29) is 95.0 Å². The van der Waals surface area contributed by atoms with Crippen LogP contribution in [0.15, 0.2) is 48.6 Å². The van der Waals surface area contributed by atoms with Gasteiger partial charge in [-0.2, -0.15) is 0 Å². The van der Waals surface area contributed by atoms with E-state index in [1.165, 1.54) is 48.5 Å². The predicted octanol–water partition coefficient (Wildman–Crippen LogP) is 1.14. The molecule has 0 heterocycles. The Hall–Kier alpha value is -5.03. The van der Waals surface area contributed by atoms with Crippen molar-refractivity contribution in [3.63, 3.8) is 0 Å². The van der Waals surface area contributed by atoms with Crippen molar-refractivity contribution in [1.29, 1.82) is 0 Å². The minimum atomic E-state index is -2.02. The SMILES string of the molecule is C=C(C)C(=O)OCC(C)(COC(=O)C(=C)C)C(=O)OCC(C)(COC(=O)C(C)(COC(=O)C(=C)C)COC(=O)C(=C)C)C(=O)OCCOCC(COCCO)(COCCO)COCCO. The van der Waals surface area contributed by atoms with Crippen LogP contribution in [0, 0.1) is 21.7 Å². The molecule has 0 rings (SSSR count). The largest absolute Gasteiger partial charge is 0.464 e. The molecule has 0 atom stereocenters. The van der Waals surface area contributed by atoms with E-state index in [2.05, 4.69) is 26.3 Å². The molecule has 0 aliphatic rings. The van der Waals surface area contributed by atoms with E-state index >= 15 is 0 Å². The molecule has 0 saturated carbocycles.